The molecule has 8 heteroatoms. The molecule has 0 aliphatic rings. The van der Waals surface area contributed by atoms with E-state index in [1.165, 1.54) is 7.11 Å². The molecule has 0 aliphatic carbocycles. The topological polar surface area (TPSA) is 97.4 Å². The van der Waals surface area contributed by atoms with E-state index >= 15 is 0 Å². The van der Waals surface area contributed by atoms with Gasteiger partial charge >= 0.3 is 5.97 Å². The Morgan fingerprint density at radius 1 is 0.914 bits per heavy atom. The van der Waals surface area contributed by atoms with Gasteiger partial charge in [-0.1, -0.05) is 43.2 Å². The highest BCUT2D eigenvalue weighted by Gasteiger charge is 2.21. The van der Waals surface area contributed by atoms with Crippen molar-refractivity contribution in [2.24, 2.45) is 0 Å². The third-order valence-electron chi connectivity index (χ3n) is 5.64. The Labute approximate surface area is 219 Å². The molecule has 0 radical (unpaired) electrons. The SMILES string of the molecule is COC(=O)[C@H](Cc1ccc(I)cc1)NC(=O)CCCCCCC(=O)Nc1cccc2cccnc12. The van der Waals surface area contributed by atoms with Crippen molar-refractivity contribution >= 4 is 57.0 Å². The van der Waals surface area contributed by atoms with Gasteiger partial charge in [-0.25, -0.2) is 4.79 Å². The maximum atomic E-state index is 12.4. The molecule has 0 saturated heterocycles. The third kappa shape index (κ3) is 8.61. The first-order valence-electron chi connectivity index (χ1n) is 11.7. The molecule has 1 heterocycles. The van der Waals surface area contributed by atoms with Crippen LogP contribution in [0.15, 0.2) is 60.8 Å². The molecule has 3 rings (SSSR count). The van der Waals surface area contributed by atoms with Gasteiger partial charge in [-0.15, -0.1) is 0 Å². The van der Waals surface area contributed by atoms with Crippen LogP contribution in [0.4, 0.5) is 5.69 Å². The van der Waals surface area contributed by atoms with Gasteiger partial charge in [-0.05, 0) is 65.3 Å². The third-order valence-corrected chi connectivity index (χ3v) is 6.36. The lowest BCUT2D eigenvalue weighted by molar-refractivity contribution is -0.145. The van der Waals surface area contributed by atoms with Crippen molar-refractivity contribution in [3.8, 4) is 0 Å². The number of amides is 2. The van der Waals surface area contributed by atoms with Crippen LogP contribution in [0.1, 0.15) is 44.1 Å². The Balaban J connectivity index is 1.35. The molecule has 2 amide bonds. The molecule has 0 fully saturated rings. The first-order chi connectivity index (χ1) is 17.0. The quantitative estimate of drug-likeness (QED) is 0.176. The zero-order chi connectivity index (χ0) is 25.0. The van der Waals surface area contributed by atoms with E-state index in [2.05, 4.69) is 38.2 Å². The summed E-state index contributed by atoms with van der Waals surface area (Å²) in [6.45, 7) is 0. The van der Waals surface area contributed by atoms with Crippen LogP contribution in [-0.2, 0) is 25.5 Å². The summed E-state index contributed by atoms with van der Waals surface area (Å²) in [7, 11) is 1.32. The highest BCUT2D eigenvalue weighted by molar-refractivity contribution is 14.1. The van der Waals surface area contributed by atoms with E-state index in [1.54, 1.807) is 6.20 Å². The Kier molecular flexibility index (Phi) is 10.5. The second kappa shape index (κ2) is 13.8. The second-order valence-corrected chi connectivity index (χ2v) is 9.56. The predicted molar refractivity (Wildman–Crippen MR) is 145 cm³/mol. The number of halogens is 1. The maximum absolute atomic E-state index is 12.4. The van der Waals surface area contributed by atoms with Crippen LogP contribution in [-0.4, -0.2) is 35.9 Å². The number of para-hydroxylation sites is 1. The van der Waals surface area contributed by atoms with Crippen molar-refractivity contribution in [3.05, 3.63) is 69.9 Å². The minimum atomic E-state index is -0.709. The number of carbonyl (C=O) groups excluding carboxylic acids is 3. The summed E-state index contributed by atoms with van der Waals surface area (Å²) in [6, 6.07) is 16.6. The van der Waals surface area contributed by atoms with Gasteiger partial charge in [0.05, 0.1) is 18.3 Å². The molecular weight excluding hydrogens is 557 g/mol. The Morgan fingerprint density at radius 2 is 1.60 bits per heavy atom. The molecule has 3 aromatic rings. The summed E-state index contributed by atoms with van der Waals surface area (Å²) < 4.78 is 5.96. The van der Waals surface area contributed by atoms with Crippen LogP contribution in [0.3, 0.4) is 0 Å². The van der Waals surface area contributed by atoms with Crippen LogP contribution in [0, 0.1) is 3.57 Å². The number of methoxy groups -OCH3 is 1. The molecule has 2 N–H and O–H groups in total. The molecule has 0 spiro atoms. The van der Waals surface area contributed by atoms with E-state index in [0.717, 1.165) is 45.0 Å². The van der Waals surface area contributed by atoms with Crippen molar-refractivity contribution < 1.29 is 19.1 Å². The maximum Gasteiger partial charge on any atom is 0.328 e. The number of aromatic nitrogens is 1. The van der Waals surface area contributed by atoms with Gasteiger partial charge in [0, 0.05) is 34.4 Å². The molecule has 7 nitrogen and oxygen atoms in total. The van der Waals surface area contributed by atoms with Gasteiger partial charge in [-0.2, -0.15) is 0 Å². The molecule has 184 valence electrons. The molecular formula is C27H30IN3O4. The molecule has 0 saturated carbocycles. The van der Waals surface area contributed by atoms with Gasteiger partial charge < -0.3 is 15.4 Å². The number of rotatable bonds is 12. The summed E-state index contributed by atoms with van der Waals surface area (Å²) in [4.78, 5) is 41.2. The van der Waals surface area contributed by atoms with E-state index in [0.29, 0.717) is 25.7 Å². The van der Waals surface area contributed by atoms with Crippen LogP contribution in [0.25, 0.3) is 10.9 Å². The molecule has 35 heavy (non-hydrogen) atoms. The number of benzene rings is 2. The zero-order valence-electron chi connectivity index (χ0n) is 19.8. The number of nitrogens with zero attached hydrogens (tertiary/aromatic N) is 1. The number of fused-ring (bicyclic) bond motifs is 1. The van der Waals surface area contributed by atoms with E-state index < -0.39 is 12.0 Å². The van der Waals surface area contributed by atoms with E-state index in [4.69, 9.17) is 4.74 Å². The highest BCUT2D eigenvalue weighted by Crippen LogP contribution is 2.21. The number of pyridine rings is 1. The van der Waals surface area contributed by atoms with E-state index in [9.17, 15) is 14.4 Å². The fourth-order valence-electron chi connectivity index (χ4n) is 3.80. The normalized spacial score (nSPS) is 11.6. The van der Waals surface area contributed by atoms with Crippen molar-refractivity contribution in [1.29, 1.82) is 0 Å². The summed E-state index contributed by atoms with van der Waals surface area (Å²) in [5.74, 6) is -0.672. The smallest absolute Gasteiger partial charge is 0.328 e. The molecule has 1 aromatic heterocycles. The van der Waals surface area contributed by atoms with Crippen molar-refractivity contribution in [3.63, 3.8) is 0 Å². The predicted octanol–water partition coefficient (Wildman–Crippen LogP) is 5.02. The summed E-state index contributed by atoms with van der Waals surface area (Å²) in [6.07, 6.45) is 5.94. The van der Waals surface area contributed by atoms with Crippen LogP contribution >= 0.6 is 22.6 Å². The summed E-state index contributed by atoms with van der Waals surface area (Å²) >= 11 is 2.22. The number of nitrogens with one attached hydrogen (secondary N) is 2. The van der Waals surface area contributed by atoms with Crippen LogP contribution in [0.2, 0.25) is 0 Å². The second-order valence-electron chi connectivity index (χ2n) is 8.32. The van der Waals surface area contributed by atoms with Gasteiger partial charge in [0.15, 0.2) is 0 Å². The summed E-state index contributed by atoms with van der Waals surface area (Å²) in [5.41, 5.74) is 2.45. The average Bonchev–Trinajstić information content (AvgIpc) is 2.86. The molecule has 0 bridgehead atoms. The van der Waals surface area contributed by atoms with Crippen molar-refractivity contribution in [2.45, 2.75) is 51.0 Å². The molecule has 1 atom stereocenters. The van der Waals surface area contributed by atoms with Crippen LogP contribution < -0.4 is 10.6 Å². The Hall–Kier alpha value is -3.01. The van der Waals surface area contributed by atoms with Crippen LogP contribution in [0.5, 0.6) is 0 Å². The molecule has 2 aromatic carbocycles. The Morgan fingerprint density at radius 3 is 2.31 bits per heavy atom. The lowest BCUT2D eigenvalue weighted by atomic mass is 10.1. The van der Waals surface area contributed by atoms with Crippen molar-refractivity contribution in [2.75, 3.05) is 12.4 Å². The van der Waals surface area contributed by atoms with Crippen molar-refractivity contribution in [1.82, 2.24) is 10.3 Å². The lowest BCUT2D eigenvalue weighted by Crippen LogP contribution is -2.43. The number of unbranched alkanes of at least 4 members (excludes halogenated alkanes) is 3. The fraction of sp³-hybridized carbons (Fsp3) is 0.333. The van der Waals surface area contributed by atoms with Gasteiger partial charge in [0.25, 0.3) is 0 Å². The number of carbonyl (C=O) groups is 3. The number of ether oxygens (including phenoxy) is 1. The standard InChI is InChI=1S/C27H30IN3O4/c1-35-27(34)23(18-19-13-15-21(28)16-14-19)31-25(33)12-5-3-2-4-11-24(32)30-22-10-6-8-20-9-7-17-29-26(20)22/h6-10,13-17,23H,2-5,11-12,18H2,1H3,(H,30,32)(H,31,33)/t23-/m0/s1. The Bertz CT molecular complexity index is 1150. The van der Waals surface area contributed by atoms with E-state index in [-0.39, 0.29) is 11.8 Å². The highest BCUT2D eigenvalue weighted by atomic mass is 127. The first-order valence-corrected chi connectivity index (χ1v) is 12.8. The van der Waals surface area contributed by atoms with Gasteiger partial charge in [0.2, 0.25) is 11.8 Å². The van der Waals surface area contributed by atoms with Gasteiger partial charge in [-0.3, -0.25) is 14.6 Å². The number of anilines is 1. The number of hydrogen-bond acceptors (Lipinski definition) is 5. The first kappa shape index (κ1) is 26.6. The zero-order valence-corrected chi connectivity index (χ0v) is 21.9. The minimum Gasteiger partial charge on any atom is -0.467 e. The number of hydrogen-bond donors (Lipinski definition) is 2. The average molecular weight is 587 g/mol. The molecule has 0 aliphatic heterocycles. The van der Waals surface area contributed by atoms with Gasteiger partial charge in [0.1, 0.15) is 6.04 Å². The summed E-state index contributed by atoms with van der Waals surface area (Å²) in [5, 5.41) is 6.72. The monoisotopic (exact) mass is 587 g/mol. The fourth-order valence-corrected chi connectivity index (χ4v) is 4.16. The largest absolute Gasteiger partial charge is 0.467 e. The lowest BCUT2D eigenvalue weighted by Gasteiger charge is -2.16. The molecule has 0 unspecified atom stereocenters. The number of esters is 1. The van der Waals surface area contributed by atoms with E-state index in [1.807, 2.05) is 54.6 Å². The minimum absolute atomic E-state index is 0.0441.